The molecular weight excluding hydrogens is 440 g/mol. The number of hydrogen-bond donors (Lipinski definition) is 0. The first kappa shape index (κ1) is 20.8. The highest BCUT2D eigenvalue weighted by Crippen LogP contribution is 2.36. The van der Waals surface area contributed by atoms with Crippen molar-refractivity contribution in [1.29, 1.82) is 0 Å². The zero-order valence-electron chi connectivity index (χ0n) is 18.9. The molecule has 0 unspecified atom stereocenters. The average molecular weight is 463 g/mol. The van der Waals surface area contributed by atoms with Crippen molar-refractivity contribution in [2.24, 2.45) is 5.92 Å². The summed E-state index contributed by atoms with van der Waals surface area (Å²) in [6.07, 6.45) is 1.76. The molecule has 0 radical (unpaired) electrons. The molecule has 0 spiro atoms. The lowest BCUT2D eigenvalue weighted by Gasteiger charge is -2.10. The molecule has 34 heavy (non-hydrogen) atoms. The molecule has 5 heteroatoms. The largest absolute Gasteiger partial charge is 0.325 e. The minimum Gasteiger partial charge on any atom is -0.325 e. The molecule has 0 atom stereocenters. The van der Waals surface area contributed by atoms with E-state index in [0.29, 0.717) is 17.0 Å². The summed E-state index contributed by atoms with van der Waals surface area (Å²) in [5.74, 6) is -0.0271. The van der Waals surface area contributed by atoms with E-state index in [1.807, 2.05) is 54.6 Å². The topological polar surface area (TPSA) is 52.0 Å². The number of ketones is 2. The summed E-state index contributed by atoms with van der Waals surface area (Å²) in [4.78, 5) is 31.5. The summed E-state index contributed by atoms with van der Waals surface area (Å²) in [5.41, 5.74) is 4.03. The number of allylic oxidation sites excluding steroid dienone is 1. The molecule has 6 rings (SSSR count). The Morgan fingerprint density at radius 1 is 0.882 bits per heavy atom. The van der Waals surface area contributed by atoms with Gasteiger partial charge in [0.25, 0.3) is 0 Å². The van der Waals surface area contributed by atoms with Gasteiger partial charge in [0, 0.05) is 28.9 Å². The van der Waals surface area contributed by atoms with Crippen LogP contribution in [0.4, 0.5) is 0 Å². The summed E-state index contributed by atoms with van der Waals surface area (Å²) in [5, 5.41) is 2.89. The third-order valence-corrected chi connectivity index (χ3v) is 7.25. The molecule has 0 fully saturated rings. The van der Waals surface area contributed by atoms with Crippen LogP contribution in [-0.4, -0.2) is 21.1 Å². The molecule has 2 aromatic heterocycles. The molecule has 0 bridgehead atoms. The van der Waals surface area contributed by atoms with Crippen LogP contribution in [-0.2, 0) is 6.54 Å². The zero-order chi connectivity index (χ0) is 23.4. The highest BCUT2D eigenvalue weighted by Gasteiger charge is 2.34. The fraction of sp³-hybridized carbons (Fsp3) is 0.138. The van der Waals surface area contributed by atoms with Crippen LogP contribution < -0.4 is 0 Å². The van der Waals surface area contributed by atoms with E-state index in [4.69, 9.17) is 4.98 Å². The molecule has 5 aromatic rings. The minimum atomic E-state index is -0.204. The number of hydrogen-bond acceptors (Lipinski definition) is 4. The quantitative estimate of drug-likeness (QED) is 0.213. The molecule has 1 aliphatic rings. The molecule has 0 saturated heterocycles. The Bertz CT molecular complexity index is 1580. The highest BCUT2D eigenvalue weighted by atomic mass is 32.1. The lowest BCUT2D eigenvalue weighted by Crippen LogP contribution is -2.08. The molecular formula is C29H22N2O2S. The van der Waals surface area contributed by atoms with Crippen molar-refractivity contribution in [1.82, 2.24) is 9.55 Å². The predicted molar refractivity (Wildman–Crippen MR) is 138 cm³/mol. The molecule has 1 aliphatic carbocycles. The maximum Gasteiger partial charge on any atom is 0.197 e. The summed E-state index contributed by atoms with van der Waals surface area (Å²) < 4.78 is 3.18. The highest BCUT2D eigenvalue weighted by molar-refractivity contribution is 7.21. The van der Waals surface area contributed by atoms with Gasteiger partial charge >= 0.3 is 0 Å². The lowest BCUT2D eigenvalue weighted by molar-refractivity contribution is 0.0990. The molecule has 0 amide bonds. The minimum absolute atomic E-state index is 0.204. The average Bonchev–Trinajstić information content (AvgIpc) is 3.46. The molecule has 0 saturated carbocycles. The number of fused-ring (bicyclic) bond motifs is 3. The Kier molecular flexibility index (Phi) is 4.82. The van der Waals surface area contributed by atoms with Crippen LogP contribution in [0.15, 0.2) is 78.4 Å². The Hall–Kier alpha value is -3.83. The van der Waals surface area contributed by atoms with Crippen LogP contribution in [0.3, 0.4) is 0 Å². The van der Waals surface area contributed by atoms with Gasteiger partial charge in [-0.3, -0.25) is 9.59 Å². The van der Waals surface area contributed by atoms with Crippen LogP contribution in [0.5, 0.6) is 0 Å². The monoisotopic (exact) mass is 462 g/mol. The molecule has 4 nitrogen and oxygen atoms in total. The fourth-order valence-corrected chi connectivity index (χ4v) is 5.64. The van der Waals surface area contributed by atoms with E-state index >= 15 is 0 Å². The van der Waals surface area contributed by atoms with E-state index in [9.17, 15) is 9.59 Å². The second kappa shape index (κ2) is 7.89. The van der Waals surface area contributed by atoms with Crippen molar-refractivity contribution in [3.63, 3.8) is 0 Å². The maximum atomic E-state index is 13.3. The van der Waals surface area contributed by atoms with Gasteiger partial charge in [0.05, 0.1) is 10.3 Å². The molecule has 0 N–H and O–H groups in total. The smallest absolute Gasteiger partial charge is 0.197 e. The van der Waals surface area contributed by atoms with E-state index in [-0.39, 0.29) is 17.1 Å². The van der Waals surface area contributed by atoms with E-state index in [0.717, 1.165) is 43.9 Å². The van der Waals surface area contributed by atoms with E-state index < -0.39 is 0 Å². The summed E-state index contributed by atoms with van der Waals surface area (Å²) >= 11 is 1.63. The second-order valence-electron chi connectivity index (χ2n) is 9.11. The third-order valence-electron chi connectivity index (χ3n) is 6.21. The van der Waals surface area contributed by atoms with Gasteiger partial charge in [-0.15, -0.1) is 11.3 Å². The standard InChI is InChI=1S/C29H22N2O2S/c1-17(2)16-31-21(15-25-28(31)30-29(34-25)18-8-4-3-5-9-18)14-24-26(32)22-12-19-10-6-7-11-20(19)13-23(22)27(24)33/h3-15,17H,16H2,1-2H3. The molecule has 166 valence electrons. The van der Waals surface area contributed by atoms with E-state index in [1.54, 1.807) is 17.4 Å². The fourth-order valence-electron chi connectivity index (χ4n) is 4.61. The Balaban J connectivity index is 1.47. The number of Topliss-reactive ketones (excluding diaryl/α,β-unsaturated/α-hetero) is 2. The lowest BCUT2D eigenvalue weighted by atomic mass is 10.0. The predicted octanol–water partition coefficient (Wildman–Crippen LogP) is 7.04. The number of carbonyl (C=O) groups excluding carboxylic acids is 2. The SMILES string of the molecule is CC(C)Cn1c(C=C2C(=O)c3cc4ccccc4cc3C2=O)cc2sc(-c3ccccc3)nc21. The normalized spacial score (nSPS) is 13.4. The first-order valence-corrected chi connectivity index (χ1v) is 12.2. The summed E-state index contributed by atoms with van der Waals surface area (Å²) in [7, 11) is 0. The number of thiazole rings is 1. The maximum absolute atomic E-state index is 13.3. The van der Waals surface area contributed by atoms with Gasteiger partial charge in [-0.1, -0.05) is 68.4 Å². The van der Waals surface area contributed by atoms with Crippen LogP contribution in [0, 0.1) is 5.92 Å². The van der Waals surface area contributed by atoms with Crippen LogP contribution in [0.25, 0.3) is 37.8 Å². The molecule has 2 heterocycles. The van der Waals surface area contributed by atoms with Gasteiger partial charge in [0.15, 0.2) is 17.2 Å². The summed E-state index contributed by atoms with van der Waals surface area (Å²) in [6, 6.07) is 23.7. The van der Waals surface area contributed by atoms with Crippen molar-refractivity contribution in [3.05, 3.63) is 95.2 Å². The van der Waals surface area contributed by atoms with Crippen molar-refractivity contribution in [2.75, 3.05) is 0 Å². The number of aromatic nitrogens is 2. The van der Waals surface area contributed by atoms with Crippen LogP contribution in [0.1, 0.15) is 40.3 Å². The van der Waals surface area contributed by atoms with Crippen molar-refractivity contribution in [3.8, 4) is 10.6 Å². The van der Waals surface area contributed by atoms with Gasteiger partial charge < -0.3 is 4.57 Å². The second-order valence-corrected chi connectivity index (χ2v) is 10.1. The Morgan fingerprint density at radius 2 is 1.50 bits per heavy atom. The first-order chi connectivity index (χ1) is 16.5. The Morgan fingerprint density at radius 3 is 2.12 bits per heavy atom. The molecule has 0 aliphatic heterocycles. The van der Waals surface area contributed by atoms with Gasteiger partial charge in [-0.25, -0.2) is 4.98 Å². The number of nitrogens with zero attached hydrogens (tertiary/aromatic N) is 2. The number of rotatable bonds is 4. The van der Waals surface area contributed by atoms with Crippen molar-refractivity contribution < 1.29 is 9.59 Å². The van der Waals surface area contributed by atoms with Crippen LogP contribution in [0.2, 0.25) is 0 Å². The number of carbonyl (C=O) groups is 2. The number of benzene rings is 3. The molecule has 3 aromatic carbocycles. The Labute approximate surface area is 201 Å². The van der Waals surface area contributed by atoms with Crippen molar-refractivity contribution >= 4 is 50.1 Å². The van der Waals surface area contributed by atoms with Gasteiger partial charge in [-0.2, -0.15) is 0 Å². The summed E-state index contributed by atoms with van der Waals surface area (Å²) in [6.45, 7) is 5.06. The van der Waals surface area contributed by atoms with Gasteiger partial charge in [0.1, 0.15) is 5.01 Å². The third kappa shape index (κ3) is 3.32. The van der Waals surface area contributed by atoms with Gasteiger partial charge in [0.2, 0.25) is 0 Å². The first-order valence-electron chi connectivity index (χ1n) is 11.4. The van der Waals surface area contributed by atoms with Crippen LogP contribution >= 0.6 is 11.3 Å². The van der Waals surface area contributed by atoms with E-state index in [2.05, 4.69) is 36.6 Å². The van der Waals surface area contributed by atoms with Crippen molar-refractivity contribution in [2.45, 2.75) is 20.4 Å². The zero-order valence-corrected chi connectivity index (χ0v) is 19.7. The van der Waals surface area contributed by atoms with E-state index in [1.165, 1.54) is 0 Å². The van der Waals surface area contributed by atoms with Gasteiger partial charge in [-0.05, 0) is 41.0 Å².